The molecule has 0 aliphatic carbocycles. The molecule has 4 nitrogen and oxygen atoms in total. The van der Waals surface area contributed by atoms with E-state index in [1.807, 2.05) is 18.2 Å². The largest absolute Gasteiger partial charge is 0.584 e. The summed E-state index contributed by atoms with van der Waals surface area (Å²) in [6.07, 6.45) is 0. The van der Waals surface area contributed by atoms with Gasteiger partial charge in [0.25, 0.3) is 0 Å². The second-order valence-electron chi connectivity index (χ2n) is 11.9. The normalized spacial score (nSPS) is 13.4. The Kier molecular flexibility index (Phi) is 7.12. The summed E-state index contributed by atoms with van der Waals surface area (Å²) in [5.74, 6) is 0.768. The average Bonchev–Trinajstić information content (AvgIpc) is 2.91. The Morgan fingerprint density at radius 3 is 0.907 bits per heavy atom. The van der Waals surface area contributed by atoms with Gasteiger partial charge in [0.2, 0.25) is 0 Å². The van der Waals surface area contributed by atoms with Gasteiger partial charge >= 0.3 is 7.82 Å². The summed E-state index contributed by atoms with van der Waals surface area (Å²) >= 11 is 0. The number of hydrogen-bond acceptors (Lipinski definition) is 3. The highest BCUT2D eigenvalue weighted by Gasteiger charge is 2.43. The summed E-state index contributed by atoms with van der Waals surface area (Å²) in [4.78, 5) is 11.2. The van der Waals surface area contributed by atoms with Crippen molar-refractivity contribution >= 4 is 7.82 Å². The van der Waals surface area contributed by atoms with Crippen molar-refractivity contribution in [1.82, 2.24) is 0 Å². The molecule has 0 amide bonds. The van der Waals surface area contributed by atoms with Crippen LogP contribution in [0.2, 0.25) is 0 Å². The van der Waals surface area contributed by atoms with E-state index in [1.54, 1.807) is 0 Å². The van der Waals surface area contributed by atoms with Crippen molar-refractivity contribution in [2.24, 2.45) is 0 Å². The van der Waals surface area contributed by atoms with Crippen molar-refractivity contribution in [3.05, 3.63) is 117 Å². The molecule has 0 fully saturated rings. The zero-order valence-electron chi connectivity index (χ0n) is 26.0. The van der Waals surface area contributed by atoms with E-state index in [4.69, 9.17) is 9.05 Å². The molecule has 0 atom stereocenters. The van der Waals surface area contributed by atoms with Crippen molar-refractivity contribution in [3.8, 4) is 56.0 Å². The Labute approximate surface area is 254 Å². The molecule has 5 aromatic rings. The third-order valence-electron chi connectivity index (χ3n) is 8.75. The lowest BCUT2D eigenvalue weighted by Crippen LogP contribution is -2.14. The third-order valence-corrected chi connectivity index (χ3v) is 9.57. The van der Waals surface area contributed by atoms with E-state index in [0.29, 0.717) is 17.1 Å². The number of hydrogen-bond donors (Lipinski definition) is 1. The second-order valence-corrected chi connectivity index (χ2v) is 13.2. The molecule has 0 aromatic heterocycles. The van der Waals surface area contributed by atoms with Crippen LogP contribution in [0.5, 0.6) is 11.5 Å². The zero-order valence-corrected chi connectivity index (χ0v) is 26.9. The van der Waals surface area contributed by atoms with Gasteiger partial charge in [-0.15, -0.1) is 0 Å². The molecular weight excluding hydrogens is 551 g/mol. The highest BCUT2D eigenvalue weighted by Crippen LogP contribution is 2.66. The number of aryl methyl sites for hydroxylation is 8. The number of rotatable bonds is 4. The van der Waals surface area contributed by atoms with E-state index in [9.17, 15) is 9.46 Å². The van der Waals surface area contributed by atoms with Crippen LogP contribution >= 0.6 is 7.82 Å². The molecule has 0 saturated carbocycles. The molecule has 1 N–H and O–H groups in total. The maximum absolute atomic E-state index is 13.7. The first kappa shape index (κ1) is 29.0. The highest BCUT2D eigenvalue weighted by atomic mass is 31.2. The third kappa shape index (κ3) is 4.70. The molecule has 1 aliphatic rings. The van der Waals surface area contributed by atoms with Crippen molar-refractivity contribution in [2.75, 3.05) is 0 Å². The predicted octanol–water partition coefficient (Wildman–Crippen LogP) is 10.7. The predicted molar refractivity (Wildman–Crippen MR) is 177 cm³/mol. The van der Waals surface area contributed by atoms with Crippen LogP contribution in [0.3, 0.4) is 0 Å². The maximum Gasteiger partial charge on any atom is 0.584 e. The van der Waals surface area contributed by atoms with E-state index in [1.165, 1.54) is 0 Å². The van der Waals surface area contributed by atoms with Gasteiger partial charge < -0.3 is 9.05 Å². The van der Waals surface area contributed by atoms with Gasteiger partial charge in [0, 0.05) is 16.7 Å². The first-order chi connectivity index (χ1) is 20.4. The Bertz CT molecular complexity index is 1840. The molecule has 0 spiro atoms. The Morgan fingerprint density at radius 1 is 0.395 bits per heavy atom. The molecule has 0 radical (unpaired) electrons. The van der Waals surface area contributed by atoms with Crippen LogP contribution in [0.4, 0.5) is 0 Å². The van der Waals surface area contributed by atoms with Crippen LogP contribution < -0.4 is 9.05 Å². The fourth-order valence-corrected chi connectivity index (χ4v) is 7.79. The van der Waals surface area contributed by atoms with E-state index in [2.05, 4.69) is 110 Å². The SMILES string of the molecule is Cc1cccc(C)c1-c1c2c(-c3c(C)cccc3C)c(-c3c(C)cccc3C)c(-c3c(C)cccc3C)c1OP(=O)(O)O2. The topological polar surface area (TPSA) is 55.8 Å². The Balaban J connectivity index is 2.01. The van der Waals surface area contributed by atoms with Crippen LogP contribution in [-0.4, -0.2) is 4.89 Å². The summed E-state index contributed by atoms with van der Waals surface area (Å²) in [6.45, 7) is 16.7. The van der Waals surface area contributed by atoms with Crippen molar-refractivity contribution in [1.29, 1.82) is 0 Å². The number of benzene rings is 5. The van der Waals surface area contributed by atoms with Crippen molar-refractivity contribution in [2.45, 2.75) is 55.4 Å². The Morgan fingerprint density at radius 2 is 0.628 bits per heavy atom. The van der Waals surface area contributed by atoms with Gasteiger partial charge in [0.15, 0.2) is 11.5 Å². The fraction of sp³-hybridized carbons (Fsp3) is 0.211. The van der Waals surface area contributed by atoms with Gasteiger partial charge in [0.1, 0.15) is 0 Å². The molecule has 1 aliphatic heterocycles. The van der Waals surface area contributed by atoms with Crippen LogP contribution in [-0.2, 0) is 4.57 Å². The molecule has 2 bridgehead atoms. The average molecular weight is 589 g/mol. The minimum atomic E-state index is -4.52. The van der Waals surface area contributed by atoms with Crippen molar-refractivity contribution < 1.29 is 18.5 Å². The lowest BCUT2D eigenvalue weighted by atomic mass is 9.77. The van der Waals surface area contributed by atoms with Crippen LogP contribution in [0, 0.1) is 55.4 Å². The van der Waals surface area contributed by atoms with Crippen LogP contribution in [0.1, 0.15) is 44.5 Å². The molecular formula is C38H37O4P. The monoisotopic (exact) mass is 588 g/mol. The zero-order chi connectivity index (χ0) is 30.8. The second kappa shape index (κ2) is 10.6. The first-order valence-corrected chi connectivity index (χ1v) is 16.1. The Hall–Kier alpha value is -4.11. The molecule has 5 heteroatoms. The molecule has 43 heavy (non-hydrogen) atoms. The van der Waals surface area contributed by atoms with Gasteiger partial charge in [-0.2, -0.15) is 0 Å². The van der Waals surface area contributed by atoms with Gasteiger partial charge in [-0.25, -0.2) is 4.57 Å². The summed E-state index contributed by atoms with van der Waals surface area (Å²) in [5, 5.41) is 0. The lowest BCUT2D eigenvalue weighted by molar-refractivity contribution is 0.283. The van der Waals surface area contributed by atoms with E-state index < -0.39 is 7.82 Å². The number of fused-ring (bicyclic) bond motifs is 2. The lowest BCUT2D eigenvalue weighted by Gasteiger charge is -2.34. The van der Waals surface area contributed by atoms with Crippen molar-refractivity contribution in [3.63, 3.8) is 0 Å². The standard InChI is InChI=1S/C38H37O4P/c1-21-13-9-14-22(2)29(21)33-34(30-23(3)15-10-16-24(30)4)37-36(32-27(7)19-12-20-28(32)8)38(42-43(39,40)41-37)35(33)31-25(5)17-11-18-26(31)6/h9-20H,1-8H3,(H,39,40). The molecule has 6 rings (SSSR count). The number of phosphoric acid groups is 1. The number of phosphoric ester groups is 1. The molecule has 218 valence electrons. The molecule has 1 heterocycles. The fourth-order valence-electron chi connectivity index (χ4n) is 6.93. The van der Waals surface area contributed by atoms with Gasteiger partial charge in [-0.1, -0.05) is 72.8 Å². The summed E-state index contributed by atoms with van der Waals surface area (Å²) in [6, 6.07) is 24.9. The summed E-state index contributed by atoms with van der Waals surface area (Å²) in [5.41, 5.74) is 15.8. The van der Waals surface area contributed by atoms with Gasteiger partial charge in [0.05, 0.1) is 5.56 Å². The smallest absolute Gasteiger partial charge is 0.394 e. The minimum absolute atomic E-state index is 0.384. The maximum atomic E-state index is 13.7. The molecule has 0 saturated heterocycles. The van der Waals surface area contributed by atoms with E-state index in [0.717, 1.165) is 83.5 Å². The minimum Gasteiger partial charge on any atom is -0.394 e. The van der Waals surface area contributed by atoms with Crippen LogP contribution in [0.25, 0.3) is 44.5 Å². The molecule has 0 unspecified atom stereocenters. The van der Waals surface area contributed by atoms with Gasteiger partial charge in [-0.3, -0.25) is 4.89 Å². The quantitative estimate of drug-likeness (QED) is 0.212. The molecule has 5 aromatic carbocycles. The highest BCUT2D eigenvalue weighted by molar-refractivity contribution is 7.48. The summed E-state index contributed by atoms with van der Waals surface area (Å²) < 4.78 is 26.0. The van der Waals surface area contributed by atoms with Crippen LogP contribution in [0.15, 0.2) is 72.8 Å². The first-order valence-electron chi connectivity index (χ1n) is 14.6. The van der Waals surface area contributed by atoms with Gasteiger partial charge in [-0.05, 0) is 122 Å². The van der Waals surface area contributed by atoms with E-state index >= 15 is 0 Å². The summed E-state index contributed by atoms with van der Waals surface area (Å²) in [7, 11) is -4.52. The van der Waals surface area contributed by atoms with E-state index in [-0.39, 0.29) is 0 Å².